The normalized spacial score (nSPS) is 23.4. The quantitative estimate of drug-likeness (QED) is 0.476. The number of pyridine rings is 3. The summed E-state index contributed by atoms with van der Waals surface area (Å²) in [4.78, 5) is 29.4. The smallest absolute Gasteiger partial charge is 0.281 e. The van der Waals surface area contributed by atoms with Crippen LogP contribution < -0.4 is 14.9 Å². The van der Waals surface area contributed by atoms with Crippen LogP contribution in [0.3, 0.4) is 0 Å². The molecule has 3 aromatic heterocycles. The van der Waals surface area contributed by atoms with Gasteiger partial charge in [0, 0.05) is 30.4 Å². The van der Waals surface area contributed by atoms with E-state index < -0.39 is 21.5 Å². The topological polar surface area (TPSA) is 117 Å². The van der Waals surface area contributed by atoms with E-state index in [0.717, 1.165) is 43.7 Å². The molecule has 2 aliphatic rings. The summed E-state index contributed by atoms with van der Waals surface area (Å²) < 4.78 is 28.8. The predicted molar refractivity (Wildman–Crippen MR) is 147 cm³/mol. The molecule has 3 aromatic rings. The minimum absolute atomic E-state index is 0.228. The predicted octanol–water partition coefficient (Wildman–Crippen LogP) is 4.24. The fraction of sp³-hybridized carbons (Fsp3) is 0.429. The maximum Gasteiger partial charge on any atom is 0.281 e. The Morgan fingerprint density at radius 1 is 1.03 bits per heavy atom. The maximum atomic E-state index is 13.4. The first-order valence-electron chi connectivity index (χ1n) is 12.9. The lowest BCUT2D eigenvalue weighted by molar-refractivity contribution is 0.0981. The van der Waals surface area contributed by atoms with Gasteiger partial charge in [-0.15, -0.1) is 0 Å². The molecular formula is C28H34N6O3S. The third kappa shape index (κ3) is 5.22. The van der Waals surface area contributed by atoms with E-state index in [9.17, 15) is 13.2 Å². The fourth-order valence-corrected chi connectivity index (χ4v) is 6.06. The van der Waals surface area contributed by atoms with Gasteiger partial charge in [0.25, 0.3) is 15.9 Å². The molecule has 38 heavy (non-hydrogen) atoms. The molecule has 0 aromatic carbocycles. The lowest BCUT2D eigenvalue weighted by atomic mass is 9.87. The van der Waals surface area contributed by atoms with Crippen LogP contribution in [0, 0.1) is 5.92 Å². The third-order valence-electron chi connectivity index (χ3n) is 7.39. The van der Waals surface area contributed by atoms with Crippen LogP contribution in [0.4, 0.5) is 11.6 Å². The molecule has 1 unspecified atom stereocenters. The minimum Gasteiger partial charge on any atom is -0.359 e. The van der Waals surface area contributed by atoms with E-state index >= 15 is 0 Å². The Morgan fingerprint density at radius 3 is 2.58 bits per heavy atom. The van der Waals surface area contributed by atoms with Crippen molar-refractivity contribution in [3.8, 4) is 0 Å². The Hall–Kier alpha value is -3.53. The molecule has 200 valence electrons. The molecule has 5 rings (SSSR count). The van der Waals surface area contributed by atoms with Crippen molar-refractivity contribution in [2.45, 2.75) is 62.9 Å². The van der Waals surface area contributed by atoms with E-state index in [1.807, 2.05) is 18.2 Å². The van der Waals surface area contributed by atoms with Gasteiger partial charge in [-0.05, 0) is 68.5 Å². The first-order chi connectivity index (χ1) is 17.9. The summed E-state index contributed by atoms with van der Waals surface area (Å²) in [7, 11) is -4.24. The van der Waals surface area contributed by atoms with Gasteiger partial charge in [0.05, 0.1) is 16.8 Å². The van der Waals surface area contributed by atoms with Gasteiger partial charge in [0.15, 0.2) is 5.03 Å². The number of rotatable bonds is 1. The highest BCUT2D eigenvalue weighted by Gasteiger charge is 2.34. The van der Waals surface area contributed by atoms with Crippen LogP contribution in [-0.4, -0.2) is 42.4 Å². The van der Waals surface area contributed by atoms with Crippen molar-refractivity contribution in [2.24, 2.45) is 5.92 Å². The zero-order chi connectivity index (χ0) is 27.1. The largest absolute Gasteiger partial charge is 0.359 e. The highest BCUT2D eigenvalue weighted by Crippen LogP contribution is 2.35. The molecule has 2 N–H and O–H groups in total. The van der Waals surface area contributed by atoms with E-state index in [0.29, 0.717) is 17.6 Å². The summed E-state index contributed by atoms with van der Waals surface area (Å²) >= 11 is 0. The molecule has 0 radical (unpaired) electrons. The summed E-state index contributed by atoms with van der Waals surface area (Å²) in [5.74, 6) is 0.580. The first-order valence-corrected chi connectivity index (χ1v) is 14.4. The van der Waals surface area contributed by atoms with Crippen LogP contribution in [0.1, 0.15) is 68.7 Å². The molecule has 5 heterocycles. The number of hydrogen-bond acceptors (Lipinski definition) is 8. The van der Waals surface area contributed by atoms with Crippen molar-refractivity contribution in [1.29, 1.82) is 0 Å². The lowest BCUT2D eigenvalue weighted by Gasteiger charge is -2.32. The highest BCUT2D eigenvalue weighted by molar-refractivity contribution is 7.90. The van der Waals surface area contributed by atoms with Crippen LogP contribution in [0.15, 0.2) is 59.8 Å². The van der Waals surface area contributed by atoms with Gasteiger partial charge in [-0.25, -0.2) is 14.7 Å². The van der Waals surface area contributed by atoms with Crippen molar-refractivity contribution in [2.75, 3.05) is 23.3 Å². The molecule has 1 amide bonds. The Bertz CT molecular complexity index is 1450. The molecule has 0 aliphatic carbocycles. The number of amides is 1. The van der Waals surface area contributed by atoms with Crippen molar-refractivity contribution in [3.05, 3.63) is 71.7 Å². The molecular weight excluding hydrogens is 500 g/mol. The summed E-state index contributed by atoms with van der Waals surface area (Å²) in [6.45, 7) is 9.74. The van der Waals surface area contributed by atoms with E-state index in [1.54, 1.807) is 30.5 Å². The average molecular weight is 535 g/mol. The summed E-state index contributed by atoms with van der Waals surface area (Å²) in [6.07, 6.45) is 4.39. The molecule has 4 bridgehead atoms. The monoisotopic (exact) mass is 534 g/mol. The van der Waals surface area contributed by atoms with Crippen LogP contribution in [0.5, 0.6) is 0 Å². The van der Waals surface area contributed by atoms with Gasteiger partial charge < -0.3 is 10.2 Å². The average Bonchev–Trinajstić information content (AvgIpc) is 3.36. The van der Waals surface area contributed by atoms with Gasteiger partial charge in [-0.3, -0.25) is 9.78 Å². The van der Waals surface area contributed by atoms with Crippen LogP contribution in [-0.2, 0) is 21.0 Å². The number of nitrogens with one attached hydrogen (secondary N) is 2. The summed E-state index contributed by atoms with van der Waals surface area (Å²) in [5, 5.41) is 3.21. The van der Waals surface area contributed by atoms with Gasteiger partial charge in [-0.1, -0.05) is 32.9 Å². The Kier molecular flexibility index (Phi) is 6.63. The first kappa shape index (κ1) is 26.1. The molecule has 2 aliphatic heterocycles. The van der Waals surface area contributed by atoms with Crippen molar-refractivity contribution < 1.29 is 13.2 Å². The fourth-order valence-electron chi connectivity index (χ4n) is 5.13. The van der Waals surface area contributed by atoms with Crippen molar-refractivity contribution in [1.82, 2.24) is 19.7 Å². The van der Waals surface area contributed by atoms with E-state index in [4.69, 9.17) is 4.98 Å². The summed E-state index contributed by atoms with van der Waals surface area (Å²) in [5.41, 5.74) is 1.13. The number of nitrogens with zero attached hydrogens (tertiary/aromatic N) is 4. The van der Waals surface area contributed by atoms with Gasteiger partial charge in [0.2, 0.25) is 0 Å². The zero-order valence-corrected chi connectivity index (χ0v) is 23.0. The SMILES string of the molecule is CC(C)(C)c1ccc2c(n1)N1CC[C@H](CCC(C)(c3ccccn3)Nc3cccc(n3)S(=O)(=O)NC2=O)C1. The third-order valence-corrected chi connectivity index (χ3v) is 8.62. The molecule has 0 saturated carbocycles. The Balaban J connectivity index is 1.61. The Labute approximate surface area is 224 Å². The second kappa shape index (κ2) is 9.65. The number of anilines is 2. The van der Waals surface area contributed by atoms with Crippen LogP contribution in [0.25, 0.3) is 0 Å². The minimum atomic E-state index is -4.24. The highest BCUT2D eigenvalue weighted by atomic mass is 32.2. The number of sulfonamides is 1. The van der Waals surface area contributed by atoms with Crippen LogP contribution >= 0.6 is 0 Å². The molecule has 0 spiro atoms. The number of aromatic nitrogens is 3. The lowest BCUT2D eigenvalue weighted by Crippen LogP contribution is -2.35. The molecule has 2 atom stereocenters. The van der Waals surface area contributed by atoms with Gasteiger partial charge in [0.1, 0.15) is 11.6 Å². The number of carbonyl (C=O) groups excluding carboxylic acids is 1. The van der Waals surface area contributed by atoms with E-state index in [2.05, 4.69) is 52.6 Å². The van der Waals surface area contributed by atoms with Crippen molar-refractivity contribution in [3.63, 3.8) is 0 Å². The Morgan fingerprint density at radius 2 is 1.84 bits per heavy atom. The number of hydrogen-bond donors (Lipinski definition) is 2. The second-order valence-electron chi connectivity index (χ2n) is 11.4. The van der Waals surface area contributed by atoms with Gasteiger partial charge in [-0.2, -0.15) is 8.42 Å². The molecule has 1 saturated heterocycles. The standard InChI is InChI=1S/C28H34N6O3S/c1-27(2,3)21-12-11-20-25(30-21)34-17-14-19(18-34)13-15-28(4,22-8-5-6-16-29-22)32-23-9-7-10-24(31-23)38(36,37)33-26(20)35/h5-12,16,19H,13-15,17-18H2,1-4H3,(H,31,32)(H,33,35)/t19-,28?/m0/s1. The molecule has 9 nitrogen and oxygen atoms in total. The molecule has 10 heteroatoms. The van der Waals surface area contributed by atoms with Gasteiger partial charge >= 0.3 is 0 Å². The molecule has 1 fully saturated rings. The van der Waals surface area contributed by atoms with E-state index in [-0.39, 0.29) is 16.0 Å². The van der Waals surface area contributed by atoms with Crippen LogP contribution in [0.2, 0.25) is 0 Å². The number of fused-ring (bicyclic) bond motifs is 6. The van der Waals surface area contributed by atoms with Crippen molar-refractivity contribution >= 4 is 27.6 Å². The maximum absolute atomic E-state index is 13.4. The second-order valence-corrected chi connectivity index (χ2v) is 13.1. The summed E-state index contributed by atoms with van der Waals surface area (Å²) in [6, 6.07) is 14.0. The zero-order valence-electron chi connectivity index (χ0n) is 22.2. The number of carbonyl (C=O) groups is 1. The van der Waals surface area contributed by atoms with E-state index in [1.165, 1.54) is 6.07 Å².